The molecule has 0 bridgehead atoms. The number of carbonyl (C=O) groups excluding carboxylic acids is 3. The van der Waals surface area contributed by atoms with E-state index in [1.54, 1.807) is 0 Å². The molecule has 2 heterocycles. The first-order valence-corrected chi connectivity index (χ1v) is 10.9. The predicted octanol–water partition coefficient (Wildman–Crippen LogP) is 2.42. The van der Waals surface area contributed by atoms with Crippen molar-refractivity contribution in [2.45, 2.75) is 37.8 Å². The van der Waals surface area contributed by atoms with Gasteiger partial charge in [0.1, 0.15) is 25.3 Å². The van der Waals surface area contributed by atoms with Crippen molar-refractivity contribution in [1.29, 1.82) is 0 Å². The molecule has 2 aromatic carbocycles. The van der Waals surface area contributed by atoms with Gasteiger partial charge in [0.05, 0.1) is 6.04 Å². The topological polar surface area (TPSA) is 97.0 Å². The maximum Gasteiger partial charge on any atom is 0.325 e. The molecule has 5 rings (SSSR count). The number of rotatable bonds is 4. The van der Waals surface area contributed by atoms with Crippen LogP contribution in [0.4, 0.5) is 4.79 Å². The molecule has 1 aliphatic carbocycles. The van der Waals surface area contributed by atoms with Gasteiger partial charge < -0.3 is 20.1 Å². The quantitative estimate of drug-likeness (QED) is 0.719. The fourth-order valence-corrected chi connectivity index (χ4v) is 4.80. The number of aryl methyl sites for hydroxylation is 1. The fraction of sp³-hybridized carbons (Fsp3) is 0.375. The molecule has 2 atom stereocenters. The number of benzene rings is 2. The highest BCUT2D eigenvalue weighted by Crippen LogP contribution is 2.40. The molecule has 8 heteroatoms. The highest BCUT2D eigenvalue weighted by molar-refractivity contribution is 6.09. The summed E-state index contributed by atoms with van der Waals surface area (Å²) in [6.45, 7) is 2.50. The molecule has 2 aromatic rings. The molecular weight excluding hydrogens is 410 g/mol. The van der Waals surface area contributed by atoms with E-state index in [4.69, 9.17) is 9.47 Å². The average molecular weight is 435 g/mol. The van der Waals surface area contributed by atoms with E-state index in [1.807, 2.05) is 49.4 Å². The lowest BCUT2D eigenvalue weighted by Crippen LogP contribution is -2.47. The summed E-state index contributed by atoms with van der Waals surface area (Å²) in [5.41, 5.74) is 1.66. The second kappa shape index (κ2) is 7.85. The van der Waals surface area contributed by atoms with Crippen molar-refractivity contribution in [2.75, 3.05) is 19.8 Å². The van der Waals surface area contributed by atoms with Crippen LogP contribution < -0.4 is 20.1 Å². The van der Waals surface area contributed by atoms with Crippen LogP contribution >= 0.6 is 0 Å². The van der Waals surface area contributed by atoms with Crippen LogP contribution in [0.3, 0.4) is 0 Å². The first kappa shape index (κ1) is 20.4. The van der Waals surface area contributed by atoms with E-state index in [2.05, 4.69) is 10.6 Å². The average Bonchev–Trinajstić information content (AvgIpc) is 3.03. The summed E-state index contributed by atoms with van der Waals surface area (Å²) in [6.07, 6.45) is 2.19. The van der Waals surface area contributed by atoms with Crippen LogP contribution in [0, 0.1) is 0 Å². The molecule has 1 fully saturated rings. The van der Waals surface area contributed by atoms with Crippen LogP contribution in [-0.4, -0.2) is 42.5 Å². The lowest BCUT2D eigenvalue weighted by molar-refractivity contribution is -0.135. The third kappa shape index (κ3) is 3.36. The zero-order valence-electron chi connectivity index (χ0n) is 17.8. The maximum atomic E-state index is 13.3. The van der Waals surface area contributed by atoms with Crippen LogP contribution in [0.1, 0.15) is 42.5 Å². The van der Waals surface area contributed by atoms with Crippen molar-refractivity contribution in [2.24, 2.45) is 0 Å². The van der Waals surface area contributed by atoms with Gasteiger partial charge in [-0.25, -0.2) is 4.79 Å². The van der Waals surface area contributed by atoms with Crippen molar-refractivity contribution in [1.82, 2.24) is 15.5 Å². The summed E-state index contributed by atoms with van der Waals surface area (Å²) < 4.78 is 11.1. The van der Waals surface area contributed by atoms with E-state index in [9.17, 15) is 14.4 Å². The fourth-order valence-electron chi connectivity index (χ4n) is 4.80. The number of amides is 4. The summed E-state index contributed by atoms with van der Waals surface area (Å²) in [6, 6.07) is 12.3. The Bertz CT molecular complexity index is 1100. The zero-order chi connectivity index (χ0) is 22.3. The Balaban J connectivity index is 1.29. The zero-order valence-corrected chi connectivity index (χ0v) is 17.8. The minimum atomic E-state index is -1.08. The number of hydrogen-bond acceptors (Lipinski definition) is 5. The first-order valence-electron chi connectivity index (χ1n) is 10.9. The molecule has 166 valence electrons. The Morgan fingerprint density at radius 3 is 2.78 bits per heavy atom. The smallest absolute Gasteiger partial charge is 0.325 e. The van der Waals surface area contributed by atoms with Crippen molar-refractivity contribution in [3.05, 3.63) is 59.2 Å². The monoisotopic (exact) mass is 435 g/mol. The molecular formula is C24H25N3O5. The summed E-state index contributed by atoms with van der Waals surface area (Å²) in [4.78, 5) is 39.8. The Morgan fingerprint density at radius 2 is 1.94 bits per heavy atom. The van der Waals surface area contributed by atoms with Gasteiger partial charge in [0, 0.05) is 0 Å². The van der Waals surface area contributed by atoms with Crippen LogP contribution in [-0.2, 0) is 21.5 Å². The first-order chi connectivity index (χ1) is 15.5. The minimum Gasteiger partial charge on any atom is -0.486 e. The van der Waals surface area contributed by atoms with Gasteiger partial charge in [-0.05, 0) is 55.0 Å². The molecule has 0 saturated carbocycles. The largest absolute Gasteiger partial charge is 0.486 e. The third-order valence-corrected chi connectivity index (χ3v) is 6.40. The maximum absolute atomic E-state index is 13.3. The van der Waals surface area contributed by atoms with Crippen molar-refractivity contribution in [3.63, 3.8) is 0 Å². The predicted molar refractivity (Wildman–Crippen MR) is 115 cm³/mol. The van der Waals surface area contributed by atoms with Gasteiger partial charge in [-0.2, -0.15) is 0 Å². The number of urea groups is 1. The molecule has 1 saturated heterocycles. The van der Waals surface area contributed by atoms with Crippen LogP contribution in [0.2, 0.25) is 0 Å². The standard InChI is InChI=1S/C24H25N3O5/c1-15(17-8-9-19-20(13-17)32-12-11-31-19)25-21(28)14-27-22(29)24(26-23(27)30)10-4-6-16-5-2-3-7-18(16)24/h2-3,5,7-9,13,15H,4,6,10-12,14H2,1H3,(H,25,28)(H,26,30)/t15-,24+/m0/s1. The van der Waals surface area contributed by atoms with Gasteiger partial charge in [-0.3, -0.25) is 14.5 Å². The number of ether oxygens (including phenoxy) is 2. The number of nitrogens with one attached hydrogen (secondary N) is 2. The lowest BCUT2D eigenvalue weighted by atomic mass is 9.76. The summed E-state index contributed by atoms with van der Waals surface area (Å²) in [5.74, 6) is 0.548. The van der Waals surface area contributed by atoms with E-state index < -0.39 is 17.5 Å². The Hall–Kier alpha value is -3.55. The second-order valence-electron chi connectivity index (χ2n) is 8.43. The molecule has 4 amide bonds. The number of nitrogens with zero attached hydrogens (tertiary/aromatic N) is 1. The van der Waals surface area contributed by atoms with Crippen LogP contribution in [0.25, 0.3) is 0 Å². The molecule has 1 spiro atoms. The molecule has 0 unspecified atom stereocenters. The van der Waals surface area contributed by atoms with Gasteiger partial charge in [0.2, 0.25) is 5.91 Å². The Kier molecular flexibility index (Phi) is 5.00. The Morgan fingerprint density at radius 1 is 1.16 bits per heavy atom. The summed E-state index contributed by atoms with van der Waals surface area (Å²) in [5, 5.41) is 5.75. The van der Waals surface area contributed by atoms with E-state index >= 15 is 0 Å². The highest BCUT2D eigenvalue weighted by Gasteiger charge is 2.54. The van der Waals surface area contributed by atoms with Gasteiger partial charge in [-0.1, -0.05) is 30.3 Å². The second-order valence-corrected chi connectivity index (χ2v) is 8.43. The Labute approximate surface area is 185 Å². The van der Waals surface area contributed by atoms with Gasteiger partial charge in [0.25, 0.3) is 5.91 Å². The van der Waals surface area contributed by atoms with Gasteiger partial charge >= 0.3 is 6.03 Å². The lowest BCUT2D eigenvalue weighted by Gasteiger charge is -2.33. The summed E-state index contributed by atoms with van der Waals surface area (Å²) >= 11 is 0. The SMILES string of the molecule is C[C@H](NC(=O)CN1C(=O)N[C@@]2(CCCc3ccccc32)C1=O)c1ccc2c(c1)OCCO2. The molecule has 32 heavy (non-hydrogen) atoms. The van der Waals surface area contributed by atoms with E-state index in [0.29, 0.717) is 31.1 Å². The van der Waals surface area contributed by atoms with Crippen molar-refractivity contribution < 1.29 is 23.9 Å². The normalized spacial score (nSPS) is 22.3. The molecule has 3 aliphatic rings. The van der Waals surface area contributed by atoms with Crippen LogP contribution in [0.15, 0.2) is 42.5 Å². The molecule has 8 nitrogen and oxygen atoms in total. The highest BCUT2D eigenvalue weighted by atomic mass is 16.6. The van der Waals surface area contributed by atoms with E-state index in [0.717, 1.165) is 34.4 Å². The molecule has 0 aromatic heterocycles. The van der Waals surface area contributed by atoms with Crippen molar-refractivity contribution in [3.8, 4) is 11.5 Å². The number of carbonyl (C=O) groups is 3. The van der Waals surface area contributed by atoms with E-state index in [1.165, 1.54) is 0 Å². The number of fused-ring (bicyclic) bond motifs is 3. The minimum absolute atomic E-state index is 0.330. The number of hydrogen-bond donors (Lipinski definition) is 2. The third-order valence-electron chi connectivity index (χ3n) is 6.40. The molecule has 2 N–H and O–H groups in total. The van der Waals surface area contributed by atoms with Gasteiger partial charge in [0.15, 0.2) is 11.5 Å². The van der Waals surface area contributed by atoms with Crippen molar-refractivity contribution >= 4 is 17.8 Å². The summed E-state index contributed by atoms with van der Waals surface area (Å²) in [7, 11) is 0. The molecule has 2 aliphatic heterocycles. The number of imide groups is 1. The van der Waals surface area contributed by atoms with Crippen LogP contribution in [0.5, 0.6) is 11.5 Å². The van der Waals surface area contributed by atoms with E-state index in [-0.39, 0.29) is 18.5 Å². The molecule has 0 radical (unpaired) electrons. The van der Waals surface area contributed by atoms with Gasteiger partial charge in [-0.15, -0.1) is 0 Å².